The molecule has 0 bridgehead atoms. The van der Waals surface area contributed by atoms with E-state index in [4.69, 9.17) is 0 Å². The number of amides is 1. The number of thiophene rings is 1. The minimum Gasteiger partial charge on any atom is -0.311 e. The molecule has 29 heavy (non-hydrogen) atoms. The van der Waals surface area contributed by atoms with Crippen LogP contribution in [0.4, 0.5) is 18.2 Å². The second kappa shape index (κ2) is 7.48. The number of nitrogens with one attached hydrogen (secondary N) is 1. The second-order valence-electron chi connectivity index (χ2n) is 8.09. The Morgan fingerprint density at radius 1 is 1.45 bits per heavy atom. The van der Waals surface area contributed by atoms with Gasteiger partial charge in [0.25, 0.3) is 5.91 Å². The summed E-state index contributed by atoms with van der Waals surface area (Å²) in [4.78, 5) is 13.7. The average molecular weight is 424 g/mol. The third kappa shape index (κ3) is 4.04. The highest BCUT2D eigenvalue weighted by atomic mass is 32.1. The lowest BCUT2D eigenvalue weighted by atomic mass is 9.69. The zero-order valence-corrected chi connectivity index (χ0v) is 17.6. The molecule has 0 aliphatic heterocycles. The van der Waals surface area contributed by atoms with E-state index in [1.807, 2.05) is 0 Å². The third-order valence-corrected chi connectivity index (χ3v) is 7.19. The number of hydrogen-bond donors (Lipinski definition) is 1. The lowest BCUT2D eigenvalue weighted by Crippen LogP contribution is -2.28. The molecule has 0 saturated heterocycles. The maximum atomic E-state index is 12.9. The maximum Gasteiger partial charge on any atom is 0.435 e. The summed E-state index contributed by atoms with van der Waals surface area (Å²) in [6.45, 7) is 6.65. The van der Waals surface area contributed by atoms with Crippen LogP contribution in [-0.4, -0.2) is 15.7 Å². The zero-order valence-electron chi connectivity index (χ0n) is 16.8. The molecule has 156 valence electrons. The summed E-state index contributed by atoms with van der Waals surface area (Å²) in [5.41, 5.74) is 0.222. The number of alkyl halides is 3. The Balaban J connectivity index is 1.87. The van der Waals surface area contributed by atoms with Gasteiger partial charge in [0.1, 0.15) is 16.8 Å². The zero-order chi connectivity index (χ0) is 21.6. The van der Waals surface area contributed by atoms with Gasteiger partial charge in [-0.15, -0.1) is 11.3 Å². The molecule has 0 aromatic carbocycles. The van der Waals surface area contributed by atoms with Crippen LogP contribution in [0.1, 0.15) is 65.8 Å². The molecule has 0 saturated carbocycles. The number of anilines is 1. The van der Waals surface area contributed by atoms with Crippen molar-refractivity contribution in [1.82, 2.24) is 9.78 Å². The van der Waals surface area contributed by atoms with Gasteiger partial charge in [0.15, 0.2) is 5.69 Å². The molecule has 3 rings (SSSR count). The summed E-state index contributed by atoms with van der Waals surface area (Å²) in [7, 11) is 1.28. The number of carbonyl (C=O) groups excluding carboxylic acids is 1. The number of carbonyl (C=O) groups is 1. The van der Waals surface area contributed by atoms with Crippen molar-refractivity contribution in [3.05, 3.63) is 33.5 Å². The number of fused-ring (bicyclic) bond motifs is 1. The molecule has 9 heteroatoms. The fourth-order valence-electron chi connectivity index (χ4n) is 3.73. The Labute approximate surface area is 171 Å². The van der Waals surface area contributed by atoms with E-state index in [-0.39, 0.29) is 11.1 Å². The van der Waals surface area contributed by atoms with Gasteiger partial charge in [-0.3, -0.25) is 9.48 Å². The molecule has 5 nitrogen and oxygen atoms in total. The van der Waals surface area contributed by atoms with E-state index < -0.39 is 17.8 Å². The number of aryl methyl sites for hydroxylation is 1. The average Bonchev–Trinajstić information content (AvgIpc) is 3.20. The van der Waals surface area contributed by atoms with E-state index in [0.717, 1.165) is 40.8 Å². The normalized spacial score (nSPS) is 17.0. The first-order valence-corrected chi connectivity index (χ1v) is 10.3. The van der Waals surface area contributed by atoms with Crippen molar-refractivity contribution >= 4 is 22.2 Å². The predicted molar refractivity (Wildman–Crippen MR) is 105 cm³/mol. The first-order valence-electron chi connectivity index (χ1n) is 9.45. The van der Waals surface area contributed by atoms with Crippen molar-refractivity contribution in [3.8, 4) is 6.07 Å². The summed E-state index contributed by atoms with van der Waals surface area (Å²) < 4.78 is 39.5. The fourth-order valence-corrected chi connectivity index (χ4v) is 5.01. The second-order valence-corrected chi connectivity index (χ2v) is 9.20. The van der Waals surface area contributed by atoms with Crippen molar-refractivity contribution < 1.29 is 18.0 Å². The summed E-state index contributed by atoms with van der Waals surface area (Å²) >= 11 is 1.35. The Kier molecular flexibility index (Phi) is 5.52. The molecule has 0 fully saturated rings. The van der Waals surface area contributed by atoms with Gasteiger partial charge in [0.2, 0.25) is 0 Å². The molecular weight excluding hydrogens is 401 g/mol. The van der Waals surface area contributed by atoms with Crippen molar-refractivity contribution in [2.75, 3.05) is 5.32 Å². The van der Waals surface area contributed by atoms with E-state index in [9.17, 15) is 23.2 Å². The molecule has 2 aromatic heterocycles. The predicted octanol–water partition coefficient (Wildman–Crippen LogP) is 5.17. The van der Waals surface area contributed by atoms with Gasteiger partial charge in [-0.25, -0.2) is 0 Å². The molecule has 0 radical (unpaired) electrons. The number of halogens is 3. The van der Waals surface area contributed by atoms with Crippen LogP contribution in [0.2, 0.25) is 0 Å². The molecule has 0 spiro atoms. The lowest BCUT2D eigenvalue weighted by Gasteiger charge is -2.36. The summed E-state index contributed by atoms with van der Waals surface area (Å²) in [5, 5.41) is 16.0. The van der Waals surface area contributed by atoms with E-state index in [1.54, 1.807) is 0 Å². The van der Waals surface area contributed by atoms with Gasteiger partial charge in [0.05, 0.1) is 5.56 Å². The van der Waals surface area contributed by atoms with Crippen molar-refractivity contribution in [2.45, 2.75) is 52.6 Å². The molecule has 2 aromatic rings. The monoisotopic (exact) mass is 424 g/mol. The fraction of sp³-hybridized carbons (Fsp3) is 0.550. The number of hydrogen-bond acceptors (Lipinski definition) is 4. The highest BCUT2D eigenvalue weighted by Crippen LogP contribution is 2.45. The van der Waals surface area contributed by atoms with Crippen LogP contribution < -0.4 is 5.32 Å². The molecule has 1 aliphatic carbocycles. The molecule has 1 unspecified atom stereocenters. The number of nitriles is 1. The number of aromatic nitrogens is 2. The highest BCUT2D eigenvalue weighted by Gasteiger charge is 2.36. The van der Waals surface area contributed by atoms with Gasteiger partial charge in [-0.05, 0) is 36.2 Å². The van der Waals surface area contributed by atoms with Crippen LogP contribution in [0.25, 0.3) is 0 Å². The van der Waals surface area contributed by atoms with Crippen LogP contribution in [0.5, 0.6) is 0 Å². The smallest absolute Gasteiger partial charge is 0.311 e. The van der Waals surface area contributed by atoms with E-state index in [1.165, 1.54) is 18.4 Å². The van der Waals surface area contributed by atoms with Crippen molar-refractivity contribution in [3.63, 3.8) is 0 Å². The summed E-state index contributed by atoms with van der Waals surface area (Å²) in [5.74, 6) is -0.226. The minimum absolute atomic E-state index is 0.181. The first-order chi connectivity index (χ1) is 13.5. The van der Waals surface area contributed by atoms with Crippen LogP contribution in [0.15, 0.2) is 6.07 Å². The van der Waals surface area contributed by atoms with Gasteiger partial charge < -0.3 is 5.32 Å². The molecule has 1 atom stereocenters. The maximum absolute atomic E-state index is 12.9. The number of nitrogens with zero attached hydrogens (tertiary/aromatic N) is 3. The quantitative estimate of drug-likeness (QED) is 0.736. The Morgan fingerprint density at radius 3 is 2.69 bits per heavy atom. The van der Waals surface area contributed by atoms with Gasteiger partial charge in [-0.2, -0.15) is 23.5 Å². The van der Waals surface area contributed by atoms with Gasteiger partial charge in [-0.1, -0.05) is 27.2 Å². The lowest BCUT2D eigenvalue weighted by molar-refractivity contribution is -0.141. The van der Waals surface area contributed by atoms with E-state index in [2.05, 4.69) is 37.3 Å². The van der Waals surface area contributed by atoms with Crippen LogP contribution in [0, 0.1) is 22.7 Å². The van der Waals surface area contributed by atoms with Gasteiger partial charge >= 0.3 is 6.18 Å². The van der Waals surface area contributed by atoms with E-state index in [0.29, 0.717) is 22.5 Å². The summed E-state index contributed by atoms with van der Waals surface area (Å²) in [6.07, 6.45) is -0.992. The molecule has 1 amide bonds. The van der Waals surface area contributed by atoms with Crippen LogP contribution in [-0.2, 0) is 26.1 Å². The standard InChI is InChI=1S/C20H23F3N4OS/c1-5-19(2,3)11-6-7-12-13(10-24)18(29-15(12)8-11)25-17(28)14-9-16(20(21,22)23)26-27(14)4/h9,11H,5-8H2,1-4H3,(H,25,28). The molecule has 2 heterocycles. The number of rotatable bonds is 4. The summed E-state index contributed by atoms with van der Waals surface area (Å²) in [6, 6.07) is 2.88. The third-order valence-electron chi connectivity index (χ3n) is 6.02. The minimum atomic E-state index is -4.63. The first kappa shape index (κ1) is 21.4. The Morgan fingerprint density at radius 2 is 2.14 bits per heavy atom. The van der Waals surface area contributed by atoms with Crippen LogP contribution >= 0.6 is 11.3 Å². The molecule has 1 N–H and O–H groups in total. The van der Waals surface area contributed by atoms with Crippen molar-refractivity contribution in [2.24, 2.45) is 18.4 Å². The van der Waals surface area contributed by atoms with Crippen LogP contribution in [0.3, 0.4) is 0 Å². The van der Waals surface area contributed by atoms with E-state index >= 15 is 0 Å². The van der Waals surface area contributed by atoms with Crippen molar-refractivity contribution in [1.29, 1.82) is 5.26 Å². The molecular formula is C20H23F3N4OS. The highest BCUT2D eigenvalue weighted by molar-refractivity contribution is 7.16. The Hall–Kier alpha value is -2.34. The van der Waals surface area contributed by atoms with Gasteiger partial charge in [0, 0.05) is 18.0 Å². The largest absolute Gasteiger partial charge is 0.435 e. The Bertz CT molecular complexity index is 981. The SMILES string of the molecule is CCC(C)(C)C1CCc2c(sc(NC(=O)c3cc(C(F)(F)F)nn3C)c2C#N)C1. The molecule has 1 aliphatic rings. The topological polar surface area (TPSA) is 70.7 Å².